The molecule has 1 heterocycles. The van der Waals surface area contributed by atoms with Crippen LogP contribution in [0.1, 0.15) is 12.8 Å². The second kappa shape index (κ2) is 13.9. The van der Waals surface area contributed by atoms with Crippen molar-refractivity contribution in [2.24, 2.45) is 0 Å². The molecular weight excluding hydrogens is 170 g/mol. The first-order valence-electron chi connectivity index (χ1n) is 4.25. The highest BCUT2D eigenvalue weighted by molar-refractivity contribution is 5.79. The lowest BCUT2D eigenvalue weighted by molar-refractivity contribution is -0.119. The van der Waals surface area contributed by atoms with Crippen molar-refractivity contribution in [2.75, 3.05) is 26.3 Å². The monoisotopic (exact) mass is 189 g/mol. The first kappa shape index (κ1) is 14.8. The predicted molar refractivity (Wildman–Crippen MR) is 52.5 cm³/mol. The van der Waals surface area contributed by atoms with E-state index in [1.807, 2.05) is 0 Å². The number of Topliss-reactive ketones (excluding diaryl/α,β-unsaturated/α-hetero) is 1. The molecule has 0 aliphatic carbocycles. The maximum atomic E-state index is 10.4. The molecule has 0 aromatic rings. The maximum Gasteiger partial charge on any atom is 0.135 e. The highest BCUT2D eigenvalue weighted by Gasteiger charge is 2.04. The lowest BCUT2D eigenvalue weighted by Crippen LogP contribution is -2.27. The molecule has 0 amide bonds. The van der Waals surface area contributed by atoms with Crippen LogP contribution in [0.4, 0.5) is 0 Å². The molecule has 0 unspecified atom stereocenters. The molecule has 13 heavy (non-hydrogen) atoms. The van der Waals surface area contributed by atoms with Crippen LogP contribution in [0.25, 0.3) is 0 Å². The van der Waals surface area contributed by atoms with Crippen molar-refractivity contribution in [1.82, 2.24) is 5.32 Å². The second-order valence-corrected chi connectivity index (χ2v) is 2.24. The zero-order valence-electron chi connectivity index (χ0n) is 7.96. The average molecular weight is 189 g/mol. The summed E-state index contributed by atoms with van der Waals surface area (Å²) in [5, 5.41) is 18.3. The molecule has 3 N–H and O–H groups in total. The molecule has 1 aliphatic rings. The number of piperidine rings is 1. The molecule has 1 aliphatic heterocycles. The number of carbonyl (C=O) groups excluding carboxylic acids is 1. The van der Waals surface area contributed by atoms with Crippen LogP contribution in [-0.2, 0) is 4.79 Å². The van der Waals surface area contributed by atoms with E-state index in [4.69, 9.17) is 10.2 Å². The normalized spacial score (nSPS) is 14.8. The third-order valence-electron chi connectivity index (χ3n) is 1.26. The molecule has 4 nitrogen and oxygen atoms in total. The van der Waals surface area contributed by atoms with Crippen LogP contribution >= 0.6 is 0 Å². The van der Waals surface area contributed by atoms with Crippen LogP contribution in [0.2, 0.25) is 0 Å². The fourth-order valence-corrected chi connectivity index (χ4v) is 0.706. The van der Waals surface area contributed by atoms with E-state index in [-0.39, 0.29) is 13.2 Å². The molecule has 0 saturated carbocycles. The van der Waals surface area contributed by atoms with Crippen LogP contribution in [0.15, 0.2) is 13.2 Å². The lowest BCUT2D eigenvalue weighted by atomic mass is 10.1. The van der Waals surface area contributed by atoms with Crippen molar-refractivity contribution >= 4 is 5.78 Å². The predicted octanol–water partition coefficient (Wildman–Crippen LogP) is -0.288. The number of aliphatic hydroxyl groups excluding tert-OH is 2. The third-order valence-corrected chi connectivity index (χ3v) is 1.26. The largest absolute Gasteiger partial charge is 0.394 e. The average Bonchev–Trinajstić information content (AvgIpc) is 2.22. The van der Waals surface area contributed by atoms with Crippen LogP contribution in [-0.4, -0.2) is 42.3 Å². The molecule has 1 rings (SSSR count). The Morgan fingerprint density at radius 1 is 1.15 bits per heavy atom. The fraction of sp³-hybridized carbons (Fsp3) is 0.667. The SMILES string of the molecule is C=C.O=C1CCNCC1.OCCO. The topological polar surface area (TPSA) is 69.6 Å². The number of hydrogen-bond donors (Lipinski definition) is 3. The van der Waals surface area contributed by atoms with Crippen LogP contribution < -0.4 is 5.32 Å². The zero-order valence-corrected chi connectivity index (χ0v) is 7.96. The first-order chi connectivity index (χ1) is 6.31. The Balaban J connectivity index is 0. The van der Waals surface area contributed by atoms with Gasteiger partial charge in [0.15, 0.2) is 0 Å². The van der Waals surface area contributed by atoms with Crippen molar-refractivity contribution in [3.63, 3.8) is 0 Å². The molecule has 0 aromatic heterocycles. The Hall–Kier alpha value is -0.710. The standard InChI is InChI=1S/C5H9NO.C2H6O2.C2H4/c7-5-1-3-6-4-2-5;3-1-2-4;1-2/h6H,1-4H2;3-4H,1-2H2;1-2H2. The summed E-state index contributed by atoms with van der Waals surface area (Å²) in [7, 11) is 0. The van der Waals surface area contributed by atoms with Crippen LogP contribution in [0, 0.1) is 0 Å². The van der Waals surface area contributed by atoms with Gasteiger partial charge >= 0.3 is 0 Å². The lowest BCUT2D eigenvalue weighted by Gasteiger charge is -2.08. The second-order valence-electron chi connectivity index (χ2n) is 2.24. The summed E-state index contributed by atoms with van der Waals surface area (Å²) in [6.07, 6.45) is 1.47. The summed E-state index contributed by atoms with van der Waals surface area (Å²) in [6, 6.07) is 0. The number of rotatable bonds is 1. The third kappa shape index (κ3) is 14.2. The molecule has 0 bridgehead atoms. The number of carbonyl (C=O) groups is 1. The maximum absolute atomic E-state index is 10.4. The van der Waals surface area contributed by atoms with E-state index in [2.05, 4.69) is 18.5 Å². The Kier molecular flexibility index (Phi) is 15.8. The van der Waals surface area contributed by atoms with Gasteiger partial charge in [0, 0.05) is 25.9 Å². The van der Waals surface area contributed by atoms with Crippen molar-refractivity contribution in [3.8, 4) is 0 Å². The van der Waals surface area contributed by atoms with Gasteiger partial charge in [-0.05, 0) is 0 Å². The quantitative estimate of drug-likeness (QED) is 0.496. The molecular formula is C9H19NO3. The summed E-state index contributed by atoms with van der Waals surface area (Å²) in [5.74, 6) is 0.402. The van der Waals surface area contributed by atoms with Crippen molar-refractivity contribution in [3.05, 3.63) is 13.2 Å². The van der Waals surface area contributed by atoms with Gasteiger partial charge in [0.2, 0.25) is 0 Å². The number of ketones is 1. The van der Waals surface area contributed by atoms with Gasteiger partial charge in [0.1, 0.15) is 5.78 Å². The van der Waals surface area contributed by atoms with Crippen LogP contribution in [0.5, 0.6) is 0 Å². The van der Waals surface area contributed by atoms with E-state index < -0.39 is 0 Å². The van der Waals surface area contributed by atoms with Gasteiger partial charge in [0.05, 0.1) is 13.2 Å². The Morgan fingerprint density at radius 3 is 1.69 bits per heavy atom. The zero-order chi connectivity index (χ0) is 10.5. The fourth-order valence-electron chi connectivity index (χ4n) is 0.706. The van der Waals surface area contributed by atoms with Gasteiger partial charge in [-0.3, -0.25) is 4.79 Å². The number of nitrogens with one attached hydrogen (secondary N) is 1. The van der Waals surface area contributed by atoms with E-state index in [1.54, 1.807) is 0 Å². The molecule has 1 saturated heterocycles. The van der Waals surface area contributed by atoms with Gasteiger partial charge in [-0.25, -0.2) is 0 Å². The Bertz CT molecular complexity index is 107. The minimum atomic E-state index is -0.125. The van der Waals surface area contributed by atoms with Crippen molar-refractivity contribution in [2.45, 2.75) is 12.8 Å². The van der Waals surface area contributed by atoms with Gasteiger partial charge < -0.3 is 15.5 Å². The summed E-state index contributed by atoms with van der Waals surface area (Å²) in [4.78, 5) is 10.4. The van der Waals surface area contributed by atoms with Gasteiger partial charge in [0.25, 0.3) is 0 Å². The first-order valence-corrected chi connectivity index (χ1v) is 4.25. The summed E-state index contributed by atoms with van der Waals surface area (Å²) in [5.41, 5.74) is 0. The van der Waals surface area contributed by atoms with Gasteiger partial charge in [-0.2, -0.15) is 0 Å². The van der Waals surface area contributed by atoms with E-state index in [0.717, 1.165) is 25.9 Å². The molecule has 0 spiro atoms. The summed E-state index contributed by atoms with van der Waals surface area (Å²) >= 11 is 0. The van der Waals surface area contributed by atoms with Crippen molar-refractivity contribution < 1.29 is 15.0 Å². The Morgan fingerprint density at radius 2 is 1.54 bits per heavy atom. The number of aliphatic hydroxyl groups is 2. The van der Waals surface area contributed by atoms with E-state index in [0.29, 0.717) is 5.78 Å². The highest BCUT2D eigenvalue weighted by atomic mass is 16.3. The van der Waals surface area contributed by atoms with E-state index >= 15 is 0 Å². The smallest absolute Gasteiger partial charge is 0.135 e. The minimum Gasteiger partial charge on any atom is -0.394 e. The Labute approximate surface area is 79.3 Å². The summed E-state index contributed by atoms with van der Waals surface area (Å²) < 4.78 is 0. The highest BCUT2D eigenvalue weighted by Crippen LogP contribution is 1.91. The summed E-state index contributed by atoms with van der Waals surface area (Å²) in [6.45, 7) is 7.53. The van der Waals surface area contributed by atoms with Crippen molar-refractivity contribution in [1.29, 1.82) is 0 Å². The van der Waals surface area contributed by atoms with Gasteiger partial charge in [-0.1, -0.05) is 0 Å². The molecule has 0 atom stereocenters. The van der Waals surface area contributed by atoms with Crippen LogP contribution in [0.3, 0.4) is 0 Å². The minimum absolute atomic E-state index is 0.125. The molecule has 1 fully saturated rings. The molecule has 78 valence electrons. The van der Waals surface area contributed by atoms with Gasteiger partial charge in [-0.15, -0.1) is 13.2 Å². The molecule has 0 radical (unpaired) electrons. The molecule has 4 heteroatoms. The van der Waals surface area contributed by atoms with E-state index in [1.165, 1.54) is 0 Å². The van der Waals surface area contributed by atoms with E-state index in [9.17, 15) is 4.79 Å². The molecule has 0 aromatic carbocycles. The number of hydrogen-bond acceptors (Lipinski definition) is 4.